The zero-order valence-corrected chi connectivity index (χ0v) is 21.4. The first-order valence-corrected chi connectivity index (χ1v) is 12.8. The maximum Gasteiger partial charge on any atom is 0.265 e. The van der Waals surface area contributed by atoms with Crippen LogP contribution in [-0.2, 0) is 6.42 Å². The predicted octanol–water partition coefficient (Wildman–Crippen LogP) is -0.402. The Morgan fingerprint density at radius 1 is 0.973 bits per heavy atom. The number of fused-ring (bicyclic) bond motifs is 1. The quantitative estimate of drug-likeness (QED) is 0.361. The average Bonchev–Trinajstić information content (AvgIpc) is 3.43. The number of aromatic nitrogens is 3. The molecule has 192 valence electrons. The largest absolute Gasteiger partial charge is 0.342 e. The summed E-state index contributed by atoms with van der Waals surface area (Å²) < 4.78 is 38.0. The first-order chi connectivity index (χ1) is 17.5. The van der Waals surface area contributed by atoms with Crippen molar-refractivity contribution in [3.8, 4) is 5.69 Å². The lowest BCUT2D eigenvalue weighted by molar-refractivity contribution is -2.00. The van der Waals surface area contributed by atoms with Gasteiger partial charge in [0.25, 0.3) is 12.2 Å². The molecule has 4 aromatic rings. The van der Waals surface area contributed by atoms with Gasteiger partial charge in [0, 0.05) is 17.1 Å². The highest BCUT2D eigenvalue weighted by molar-refractivity contribution is 5.97. The third kappa shape index (κ3) is 6.40. The van der Waals surface area contributed by atoms with E-state index < -0.39 is 10.2 Å². The Morgan fingerprint density at radius 2 is 1.57 bits per heavy atom. The van der Waals surface area contributed by atoms with Crippen LogP contribution >= 0.6 is 0 Å². The number of benzene rings is 3. The highest BCUT2D eigenvalue weighted by Gasteiger charge is 2.38. The van der Waals surface area contributed by atoms with Gasteiger partial charge in [0.1, 0.15) is 11.7 Å². The molecular formula is C27H27ClN4O5. The van der Waals surface area contributed by atoms with E-state index in [4.69, 9.17) is 18.6 Å². The number of hydrogen-bond donors (Lipinski definition) is 1. The second-order valence-corrected chi connectivity index (χ2v) is 9.80. The van der Waals surface area contributed by atoms with Crippen molar-refractivity contribution in [2.24, 2.45) is 0 Å². The number of amides is 1. The van der Waals surface area contributed by atoms with Crippen LogP contribution in [0, 0.1) is 31.0 Å². The fourth-order valence-corrected chi connectivity index (χ4v) is 4.96. The highest BCUT2D eigenvalue weighted by atomic mass is 35.7. The topological polar surface area (TPSA) is 143 Å². The van der Waals surface area contributed by atoms with Crippen LogP contribution < -0.4 is 28.5 Å². The molecule has 1 aromatic heterocycles. The van der Waals surface area contributed by atoms with Gasteiger partial charge in [-0.2, -0.15) is 0 Å². The van der Waals surface area contributed by atoms with Gasteiger partial charge in [-0.05, 0) is 55.2 Å². The van der Waals surface area contributed by atoms with Crippen molar-refractivity contribution in [3.63, 3.8) is 0 Å². The second-order valence-electron chi connectivity index (χ2n) is 9.05. The maximum atomic E-state index is 13.4. The SMILES string of the molecule is Cc1cc(C)c(C(=O)N[C@@H]2c3ccccc3C[C@H]2[n+]2cnn(-c3ccccc3)c2)c(C)c1.[O-][Cl+3]([O-])([O-])[O-]. The molecule has 10 heteroatoms. The Bertz CT molecular complexity index is 1370. The minimum atomic E-state index is -4.94. The molecule has 0 aliphatic heterocycles. The normalized spacial score (nSPS) is 16.5. The average molecular weight is 523 g/mol. The van der Waals surface area contributed by atoms with Crippen LogP contribution in [0.5, 0.6) is 0 Å². The highest BCUT2D eigenvalue weighted by Crippen LogP contribution is 2.36. The molecular weight excluding hydrogens is 496 g/mol. The van der Waals surface area contributed by atoms with Crippen molar-refractivity contribution >= 4 is 5.91 Å². The molecule has 37 heavy (non-hydrogen) atoms. The molecule has 9 nitrogen and oxygen atoms in total. The van der Waals surface area contributed by atoms with Crippen molar-refractivity contribution in [2.75, 3.05) is 0 Å². The molecule has 0 fully saturated rings. The third-order valence-corrected chi connectivity index (χ3v) is 6.35. The molecule has 1 aliphatic carbocycles. The first kappa shape index (κ1) is 26.5. The summed E-state index contributed by atoms with van der Waals surface area (Å²) in [5.41, 5.74) is 7.40. The molecule has 1 aliphatic rings. The number of nitrogens with one attached hydrogen (secondary N) is 1. The Morgan fingerprint density at radius 3 is 2.22 bits per heavy atom. The summed E-state index contributed by atoms with van der Waals surface area (Å²) >= 11 is 0. The minimum absolute atomic E-state index is 0.0252. The van der Waals surface area contributed by atoms with Crippen LogP contribution in [0.2, 0.25) is 0 Å². The fourth-order valence-electron chi connectivity index (χ4n) is 4.96. The molecule has 3 aromatic carbocycles. The van der Waals surface area contributed by atoms with Crippen molar-refractivity contribution in [1.82, 2.24) is 15.1 Å². The summed E-state index contributed by atoms with van der Waals surface area (Å²) in [6, 6.07) is 22.5. The molecule has 0 bridgehead atoms. The van der Waals surface area contributed by atoms with E-state index in [0.717, 1.165) is 28.8 Å². The Kier molecular flexibility index (Phi) is 7.72. The van der Waals surface area contributed by atoms with Crippen LogP contribution in [0.1, 0.15) is 50.3 Å². The first-order valence-electron chi connectivity index (χ1n) is 11.6. The molecule has 5 rings (SSSR count). The molecule has 0 unspecified atom stereocenters. The summed E-state index contributed by atoms with van der Waals surface area (Å²) in [4.78, 5) is 13.4. The van der Waals surface area contributed by atoms with E-state index in [0.29, 0.717) is 0 Å². The molecule has 0 saturated carbocycles. The van der Waals surface area contributed by atoms with E-state index in [9.17, 15) is 4.79 Å². The van der Waals surface area contributed by atoms with Crippen LogP contribution in [-0.4, -0.2) is 15.7 Å². The Labute approximate surface area is 217 Å². The fraction of sp³-hybridized carbons (Fsp3) is 0.222. The van der Waals surface area contributed by atoms with Gasteiger partial charge in [-0.25, -0.2) is 23.2 Å². The third-order valence-electron chi connectivity index (χ3n) is 6.35. The van der Waals surface area contributed by atoms with Crippen LogP contribution in [0.3, 0.4) is 0 Å². The molecule has 0 saturated heterocycles. The van der Waals surface area contributed by atoms with E-state index in [1.807, 2.05) is 67.6 Å². The lowest BCUT2D eigenvalue weighted by Crippen LogP contribution is -2.68. The maximum absolute atomic E-state index is 13.4. The van der Waals surface area contributed by atoms with Crippen LogP contribution in [0.4, 0.5) is 0 Å². The molecule has 1 heterocycles. The zero-order valence-electron chi connectivity index (χ0n) is 20.6. The number of halogens is 1. The second kappa shape index (κ2) is 10.8. The summed E-state index contributed by atoms with van der Waals surface area (Å²) in [7, 11) is -4.94. The summed E-state index contributed by atoms with van der Waals surface area (Å²) in [5, 5.41) is 7.92. The van der Waals surface area contributed by atoms with Crippen LogP contribution in [0.15, 0.2) is 79.4 Å². The van der Waals surface area contributed by atoms with Crippen molar-refractivity contribution in [3.05, 3.63) is 113 Å². The van der Waals surface area contributed by atoms with Gasteiger partial charge in [0.05, 0.1) is 6.04 Å². The summed E-state index contributed by atoms with van der Waals surface area (Å²) in [5.74, 6) is -0.0252. The number of carbonyl (C=O) groups is 1. The number of para-hydroxylation sites is 1. The predicted molar refractivity (Wildman–Crippen MR) is 124 cm³/mol. The minimum Gasteiger partial charge on any atom is -0.342 e. The van der Waals surface area contributed by atoms with E-state index >= 15 is 0 Å². The molecule has 1 N–H and O–H groups in total. The Hall–Kier alpha value is -3.60. The van der Waals surface area contributed by atoms with E-state index in [-0.39, 0.29) is 18.0 Å². The number of hydrogen-bond acceptors (Lipinski definition) is 6. The van der Waals surface area contributed by atoms with Gasteiger partial charge in [-0.3, -0.25) is 4.79 Å². The number of nitrogens with zero attached hydrogens (tertiary/aromatic N) is 3. The monoisotopic (exact) mass is 522 g/mol. The van der Waals surface area contributed by atoms with Gasteiger partial charge in [-0.1, -0.05) is 64.8 Å². The van der Waals surface area contributed by atoms with Crippen molar-refractivity contribution < 1.29 is 38.2 Å². The summed E-state index contributed by atoms with van der Waals surface area (Å²) in [6.45, 7) is 6.08. The van der Waals surface area contributed by atoms with Crippen molar-refractivity contribution in [1.29, 1.82) is 0 Å². The number of aryl methyl sites for hydroxylation is 3. The van der Waals surface area contributed by atoms with Gasteiger partial charge in [0.2, 0.25) is 6.33 Å². The van der Waals surface area contributed by atoms with Gasteiger partial charge < -0.3 is 5.32 Å². The standard InChI is InChI=1S/C27H26N4O.ClHO4/c1-18-13-19(2)25(20(3)14-18)27(32)29-26-23-12-8-7-9-21(23)15-24(26)30-16-28-31(17-30)22-10-5-4-6-11-22;2-1(3,4)5/h4-14,16-17,24,26H,15H2,1-3H3;(H,2,3,4,5)/t24-,26-;/m1./s1. The van der Waals surface area contributed by atoms with E-state index in [1.165, 1.54) is 16.7 Å². The molecule has 0 radical (unpaired) electrons. The van der Waals surface area contributed by atoms with Crippen molar-refractivity contribution in [2.45, 2.75) is 39.3 Å². The zero-order chi connectivity index (χ0) is 26.7. The molecule has 1 amide bonds. The summed E-state index contributed by atoms with van der Waals surface area (Å²) in [6.07, 6.45) is 4.70. The van der Waals surface area contributed by atoms with Gasteiger partial charge in [0.15, 0.2) is 0 Å². The van der Waals surface area contributed by atoms with E-state index in [1.54, 1.807) is 0 Å². The number of rotatable bonds is 4. The molecule has 2 atom stereocenters. The number of carbonyl (C=O) groups excluding carboxylic acids is 1. The van der Waals surface area contributed by atoms with Gasteiger partial charge in [-0.15, -0.1) is 10.2 Å². The van der Waals surface area contributed by atoms with Crippen LogP contribution in [0.25, 0.3) is 5.69 Å². The lowest BCUT2D eigenvalue weighted by Gasteiger charge is -2.21. The smallest absolute Gasteiger partial charge is 0.265 e. The molecule has 0 spiro atoms. The van der Waals surface area contributed by atoms with Gasteiger partial charge >= 0.3 is 0 Å². The lowest BCUT2D eigenvalue weighted by atomic mass is 9.98. The Balaban J connectivity index is 0.000000586. The van der Waals surface area contributed by atoms with E-state index in [2.05, 4.69) is 52.2 Å².